The lowest BCUT2D eigenvalue weighted by atomic mass is 10.1. The van der Waals surface area contributed by atoms with Crippen molar-refractivity contribution in [1.82, 2.24) is 0 Å². The molecule has 8 heteroatoms. The number of hydrogen-bond acceptors (Lipinski definition) is 5. The number of halogens is 2. The van der Waals surface area contributed by atoms with E-state index in [1.165, 1.54) is 4.90 Å². The Balaban J connectivity index is 2.34. The molecule has 26 heavy (non-hydrogen) atoms. The smallest absolute Gasteiger partial charge is 0.351 e. The molecule has 1 aliphatic rings. The summed E-state index contributed by atoms with van der Waals surface area (Å²) >= 11 is 0. The van der Waals surface area contributed by atoms with Gasteiger partial charge in [0.2, 0.25) is 9.84 Å². The first-order valence-electron chi connectivity index (χ1n) is 7.57. The number of fused-ring (bicyclic) bond motifs is 1. The lowest BCUT2D eigenvalue weighted by Crippen LogP contribution is -2.26. The van der Waals surface area contributed by atoms with Crippen molar-refractivity contribution in [3.05, 3.63) is 64.2 Å². The Hall–Kier alpha value is -2.74. The minimum absolute atomic E-state index is 0.0835. The highest BCUT2D eigenvalue weighted by Crippen LogP contribution is 2.41. The molecular weight excluding hydrogens is 364 g/mol. The minimum atomic E-state index is -4.35. The van der Waals surface area contributed by atoms with Crippen LogP contribution in [0.1, 0.15) is 11.1 Å². The summed E-state index contributed by atoms with van der Waals surface area (Å²) in [6.07, 6.45) is 1.06. The van der Waals surface area contributed by atoms with E-state index in [-0.39, 0.29) is 5.69 Å². The number of carbonyl (C=O) groups is 1. The summed E-state index contributed by atoms with van der Waals surface area (Å²) in [4.78, 5) is 12.2. The molecule has 0 aromatic heterocycles. The van der Waals surface area contributed by atoms with Crippen molar-refractivity contribution in [2.45, 2.75) is 18.7 Å². The average Bonchev–Trinajstić information content (AvgIpc) is 2.59. The zero-order valence-corrected chi connectivity index (χ0v) is 15.0. The average molecular weight is 379 g/mol. The number of rotatable bonds is 2. The highest BCUT2D eigenvalue weighted by Gasteiger charge is 2.37. The van der Waals surface area contributed by atoms with Gasteiger partial charge in [-0.25, -0.2) is 22.0 Å². The second-order valence-corrected chi connectivity index (χ2v) is 7.75. The van der Waals surface area contributed by atoms with Gasteiger partial charge in [0.25, 0.3) is 0 Å². The number of methoxy groups -OCH3 is 1. The Bertz CT molecular complexity index is 1060. The SMILES string of the molecule is COC(=O)C1=CN(c2ccc(C)c(C)c2)c2cc(F)c(F)cc2S1(=O)=O. The van der Waals surface area contributed by atoms with E-state index < -0.39 is 37.2 Å². The summed E-state index contributed by atoms with van der Waals surface area (Å²) in [6.45, 7) is 3.76. The Morgan fingerprint density at radius 1 is 1.04 bits per heavy atom. The maximum Gasteiger partial charge on any atom is 0.351 e. The Morgan fingerprint density at radius 3 is 2.31 bits per heavy atom. The highest BCUT2D eigenvalue weighted by atomic mass is 32.2. The second-order valence-electron chi connectivity index (χ2n) is 5.86. The van der Waals surface area contributed by atoms with Crippen LogP contribution in [0.3, 0.4) is 0 Å². The maximum absolute atomic E-state index is 13.8. The van der Waals surface area contributed by atoms with E-state index in [0.29, 0.717) is 11.8 Å². The van der Waals surface area contributed by atoms with Gasteiger partial charge in [0.05, 0.1) is 17.7 Å². The van der Waals surface area contributed by atoms with Crippen LogP contribution in [0.2, 0.25) is 0 Å². The molecule has 2 aromatic rings. The Kier molecular flexibility index (Phi) is 4.31. The highest BCUT2D eigenvalue weighted by molar-refractivity contribution is 7.96. The fourth-order valence-corrected chi connectivity index (χ4v) is 4.12. The molecule has 0 unspecified atom stereocenters. The monoisotopic (exact) mass is 379 g/mol. The largest absolute Gasteiger partial charge is 0.465 e. The summed E-state index contributed by atoms with van der Waals surface area (Å²) in [5.74, 6) is -3.60. The molecule has 0 aliphatic carbocycles. The van der Waals surface area contributed by atoms with Crippen LogP contribution in [0.25, 0.3) is 0 Å². The van der Waals surface area contributed by atoms with Gasteiger partial charge in [-0.1, -0.05) is 6.07 Å². The van der Waals surface area contributed by atoms with Crippen LogP contribution < -0.4 is 4.90 Å². The molecule has 0 spiro atoms. The van der Waals surface area contributed by atoms with Gasteiger partial charge in [-0.15, -0.1) is 0 Å². The molecule has 0 atom stereocenters. The molecule has 0 saturated heterocycles. The predicted octanol–water partition coefficient (Wildman–Crippen LogP) is 3.52. The van der Waals surface area contributed by atoms with Crippen LogP contribution >= 0.6 is 0 Å². The molecule has 0 radical (unpaired) electrons. The molecule has 136 valence electrons. The molecule has 3 rings (SSSR count). The summed E-state index contributed by atoms with van der Waals surface area (Å²) in [5.41, 5.74) is 2.32. The topological polar surface area (TPSA) is 63.7 Å². The van der Waals surface area contributed by atoms with Gasteiger partial charge >= 0.3 is 5.97 Å². The van der Waals surface area contributed by atoms with E-state index in [0.717, 1.165) is 30.5 Å². The zero-order chi connectivity index (χ0) is 19.2. The number of hydrogen-bond donors (Lipinski definition) is 0. The van der Waals surface area contributed by atoms with Gasteiger partial charge in [-0.05, 0) is 43.2 Å². The number of esters is 1. The molecule has 0 N–H and O–H groups in total. The Labute approximate surface area is 149 Å². The third kappa shape index (κ3) is 2.76. The van der Waals surface area contributed by atoms with Gasteiger partial charge in [0.15, 0.2) is 16.5 Å². The molecule has 0 bridgehead atoms. The van der Waals surface area contributed by atoms with Crippen LogP contribution in [0.4, 0.5) is 20.2 Å². The van der Waals surface area contributed by atoms with Crippen LogP contribution in [0.5, 0.6) is 0 Å². The maximum atomic E-state index is 13.8. The number of nitrogens with zero attached hydrogens (tertiary/aromatic N) is 1. The number of sulfone groups is 1. The quantitative estimate of drug-likeness (QED) is 0.590. The normalized spacial score (nSPS) is 15.3. The summed E-state index contributed by atoms with van der Waals surface area (Å²) in [7, 11) is -3.31. The van der Waals surface area contributed by atoms with Crippen LogP contribution in [-0.2, 0) is 19.4 Å². The van der Waals surface area contributed by atoms with Gasteiger partial charge in [0.1, 0.15) is 0 Å². The molecule has 0 saturated carbocycles. The molecule has 2 aromatic carbocycles. The molecule has 1 aliphatic heterocycles. The van der Waals surface area contributed by atoms with Crippen molar-refractivity contribution in [3.8, 4) is 0 Å². The second kappa shape index (κ2) is 6.21. The molecule has 0 amide bonds. The first kappa shape index (κ1) is 18.1. The van der Waals surface area contributed by atoms with Crippen molar-refractivity contribution >= 4 is 27.2 Å². The van der Waals surface area contributed by atoms with E-state index >= 15 is 0 Å². The van der Waals surface area contributed by atoms with E-state index in [9.17, 15) is 22.0 Å². The number of anilines is 2. The minimum Gasteiger partial charge on any atom is -0.465 e. The van der Waals surface area contributed by atoms with E-state index in [4.69, 9.17) is 0 Å². The van der Waals surface area contributed by atoms with Gasteiger partial charge < -0.3 is 9.64 Å². The van der Waals surface area contributed by atoms with E-state index in [2.05, 4.69) is 4.74 Å². The van der Waals surface area contributed by atoms with Crippen LogP contribution in [0.15, 0.2) is 46.3 Å². The van der Waals surface area contributed by atoms with E-state index in [1.807, 2.05) is 13.8 Å². The first-order valence-corrected chi connectivity index (χ1v) is 9.06. The predicted molar refractivity (Wildman–Crippen MR) is 91.7 cm³/mol. The third-order valence-electron chi connectivity index (χ3n) is 4.24. The molecule has 1 heterocycles. The fourth-order valence-electron chi connectivity index (χ4n) is 2.65. The van der Waals surface area contributed by atoms with Crippen molar-refractivity contribution in [2.24, 2.45) is 0 Å². The zero-order valence-electron chi connectivity index (χ0n) is 14.2. The van der Waals surface area contributed by atoms with Gasteiger partial charge in [-0.3, -0.25) is 0 Å². The third-order valence-corrected chi connectivity index (χ3v) is 6.00. The van der Waals surface area contributed by atoms with Crippen molar-refractivity contribution in [1.29, 1.82) is 0 Å². The summed E-state index contributed by atoms with van der Waals surface area (Å²) < 4.78 is 57.4. The van der Waals surface area contributed by atoms with E-state index in [1.54, 1.807) is 18.2 Å². The fraction of sp³-hybridized carbons (Fsp3) is 0.167. The molecular formula is C18H15F2NO4S. The van der Waals surface area contributed by atoms with Crippen molar-refractivity contribution < 1.29 is 26.7 Å². The van der Waals surface area contributed by atoms with Gasteiger partial charge in [0, 0.05) is 18.0 Å². The first-order chi connectivity index (χ1) is 12.2. The molecule has 0 fully saturated rings. The Morgan fingerprint density at radius 2 is 1.69 bits per heavy atom. The van der Waals surface area contributed by atoms with Crippen molar-refractivity contribution in [2.75, 3.05) is 12.0 Å². The lowest BCUT2D eigenvalue weighted by molar-refractivity contribution is -0.135. The lowest BCUT2D eigenvalue weighted by Gasteiger charge is -2.29. The van der Waals surface area contributed by atoms with Crippen molar-refractivity contribution in [3.63, 3.8) is 0 Å². The summed E-state index contributed by atoms with van der Waals surface area (Å²) in [5, 5.41) is 0. The van der Waals surface area contributed by atoms with Crippen LogP contribution in [-0.4, -0.2) is 21.5 Å². The number of ether oxygens (including phenoxy) is 1. The number of carbonyl (C=O) groups excluding carboxylic acids is 1. The van der Waals surface area contributed by atoms with Gasteiger partial charge in [-0.2, -0.15) is 0 Å². The number of aryl methyl sites for hydroxylation is 2. The van der Waals surface area contributed by atoms with Crippen LogP contribution in [0, 0.1) is 25.5 Å². The molecule has 5 nitrogen and oxygen atoms in total. The summed E-state index contributed by atoms with van der Waals surface area (Å²) in [6, 6.07) is 6.62. The number of benzene rings is 2. The standard InChI is InChI=1S/C18H15F2NO4S/c1-10-4-5-12(6-11(10)2)21-9-17(18(22)25-3)26(23,24)16-8-14(20)13(19)7-15(16)21/h4-9H,1-3H3.